The minimum absolute atomic E-state index is 0.332. The Morgan fingerprint density at radius 3 is 1.93 bits per heavy atom. The van der Waals surface area contributed by atoms with Gasteiger partial charge in [0, 0.05) is 0 Å². The second-order valence-corrected chi connectivity index (χ2v) is 7.49. The van der Waals surface area contributed by atoms with Gasteiger partial charge >= 0.3 is 7.12 Å². The Hall–Kier alpha value is -1.40. The average Bonchev–Trinajstić information content (AvgIpc) is 2.87. The molecule has 2 nitrogen and oxygen atoms in total. The number of allylic oxidation sites excluding steroid dienone is 1. The van der Waals surface area contributed by atoms with Crippen LogP contribution >= 0.6 is 23.3 Å². The van der Waals surface area contributed by atoms with E-state index in [2.05, 4.69) is 94.5 Å². The molecule has 0 unspecified atom stereocenters. The highest BCUT2D eigenvalue weighted by molar-refractivity contribution is 8.59. The van der Waals surface area contributed by atoms with E-state index in [1.165, 1.54) is 0 Å². The number of hydrogen-bond donors (Lipinski definition) is 2. The lowest BCUT2D eigenvalue weighted by atomic mass is 9.78. The van der Waals surface area contributed by atoms with Crippen molar-refractivity contribution < 1.29 is 9.31 Å². The maximum atomic E-state index is 6.12. The van der Waals surface area contributed by atoms with Crippen molar-refractivity contribution in [1.82, 2.24) is 0 Å². The van der Waals surface area contributed by atoms with E-state index < -0.39 is 0 Å². The largest absolute Gasteiger partial charge is 0.494 e. The summed E-state index contributed by atoms with van der Waals surface area (Å²) in [6.07, 6.45) is 1.88. The first kappa shape index (κ1) is 21.9. The molecule has 27 heavy (non-hydrogen) atoms. The van der Waals surface area contributed by atoms with E-state index >= 15 is 0 Å². The van der Waals surface area contributed by atoms with Gasteiger partial charge in [0.05, 0.1) is 11.2 Å². The number of rotatable bonds is 3. The summed E-state index contributed by atoms with van der Waals surface area (Å²) in [7, 11) is -0.341. The summed E-state index contributed by atoms with van der Waals surface area (Å²) >= 11 is 6.44. The molecule has 3 rings (SSSR count). The Morgan fingerprint density at radius 2 is 1.44 bits per heavy atom. The number of hydrogen-bond acceptors (Lipinski definition) is 4. The Bertz CT molecular complexity index is 889. The first-order chi connectivity index (χ1) is 12.7. The molecule has 2 aromatic carbocycles. The van der Waals surface area contributed by atoms with Crippen molar-refractivity contribution in [3.8, 4) is 0 Å². The highest BCUT2D eigenvalue weighted by Gasteiger charge is 2.51. The van der Waals surface area contributed by atoms with Crippen LogP contribution in [0.3, 0.4) is 0 Å². The molecule has 0 aliphatic carbocycles. The van der Waals surface area contributed by atoms with Gasteiger partial charge in [-0.3, -0.25) is 0 Å². The molecule has 0 N–H and O–H groups in total. The monoisotopic (exact) mass is 398 g/mol. The van der Waals surface area contributed by atoms with Crippen LogP contribution in [0.2, 0.25) is 0 Å². The van der Waals surface area contributed by atoms with Gasteiger partial charge in [0.15, 0.2) is 0 Å². The third-order valence-electron chi connectivity index (χ3n) is 5.26. The smallest absolute Gasteiger partial charge is 0.399 e. The lowest BCUT2D eigenvalue weighted by Gasteiger charge is -2.32. The lowest BCUT2D eigenvalue weighted by molar-refractivity contribution is 0.00578. The van der Waals surface area contributed by atoms with E-state index in [-0.39, 0.29) is 18.3 Å². The van der Waals surface area contributed by atoms with Crippen LogP contribution in [0, 0.1) is 0 Å². The van der Waals surface area contributed by atoms with E-state index in [0.29, 0.717) is 0 Å². The van der Waals surface area contributed by atoms with Gasteiger partial charge in [0.25, 0.3) is 0 Å². The summed E-state index contributed by atoms with van der Waals surface area (Å²) in [6, 6.07) is 16.4. The molecule has 0 atom stereocenters. The van der Waals surface area contributed by atoms with Crippen LogP contribution in [0.4, 0.5) is 0 Å². The molecular weight excluding hydrogens is 371 g/mol. The fourth-order valence-corrected chi connectivity index (χ4v) is 2.97. The number of benzene rings is 2. The van der Waals surface area contributed by atoms with Gasteiger partial charge in [-0.2, -0.15) is 0 Å². The van der Waals surface area contributed by atoms with Gasteiger partial charge in [0.2, 0.25) is 0 Å². The standard InChI is InChI=1S/C22H25BO2.H2S2/c1-7-19(20-11-9-8-10-16(20)2)17-12-14-18(15-13-17)23-24-21(3,4)22(5,6)25-23;1-2/h7-15H,1-2H2,3-6H3;1-2H/b20-19+;. The molecule has 2 aromatic rings. The molecular formula is C22H27BO2S2. The summed E-state index contributed by atoms with van der Waals surface area (Å²) in [4.78, 5) is 0. The van der Waals surface area contributed by atoms with Gasteiger partial charge in [-0.15, -0.1) is 23.3 Å². The van der Waals surface area contributed by atoms with Crippen LogP contribution in [-0.4, -0.2) is 18.3 Å². The Balaban J connectivity index is 0.00000126. The zero-order valence-corrected chi connectivity index (χ0v) is 18.2. The molecule has 142 valence electrons. The topological polar surface area (TPSA) is 18.5 Å². The van der Waals surface area contributed by atoms with E-state index in [0.717, 1.165) is 27.0 Å². The van der Waals surface area contributed by atoms with E-state index in [1.54, 1.807) is 0 Å². The van der Waals surface area contributed by atoms with Crippen molar-refractivity contribution in [2.24, 2.45) is 0 Å². The van der Waals surface area contributed by atoms with Crippen LogP contribution in [0.25, 0.3) is 12.2 Å². The van der Waals surface area contributed by atoms with Crippen molar-refractivity contribution in [2.75, 3.05) is 0 Å². The van der Waals surface area contributed by atoms with Crippen LogP contribution in [0.5, 0.6) is 0 Å². The minimum Gasteiger partial charge on any atom is -0.399 e. The second kappa shape index (κ2) is 8.74. The Kier molecular flexibility index (Phi) is 7.09. The summed E-state index contributed by atoms with van der Waals surface area (Å²) in [6.45, 7) is 16.4. The fourth-order valence-electron chi connectivity index (χ4n) is 2.97. The lowest BCUT2D eigenvalue weighted by Crippen LogP contribution is -2.41. The van der Waals surface area contributed by atoms with Crippen LogP contribution in [-0.2, 0) is 9.31 Å². The zero-order chi connectivity index (χ0) is 20.2. The highest BCUT2D eigenvalue weighted by Crippen LogP contribution is 2.36. The maximum absolute atomic E-state index is 6.12. The average molecular weight is 398 g/mol. The maximum Gasteiger partial charge on any atom is 0.494 e. The second-order valence-electron chi connectivity index (χ2n) is 7.49. The molecule has 0 aromatic heterocycles. The quantitative estimate of drug-likeness (QED) is 0.468. The summed E-state index contributed by atoms with van der Waals surface area (Å²) in [5.41, 5.74) is 2.54. The first-order valence-electron chi connectivity index (χ1n) is 8.82. The molecule has 1 aliphatic rings. The van der Waals surface area contributed by atoms with Crippen LogP contribution < -0.4 is 15.9 Å². The molecule has 0 saturated carbocycles. The van der Waals surface area contributed by atoms with Gasteiger partial charge in [-0.05, 0) is 54.7 Å². The Labute approximate surface area is 173 Å². The minimum atomic E-state index is -0.341. The van der Waals surface area contributed by atoms with Crippen molar-refractivity contribution in [1.29, 1.82) is 0 Å². The molecule has 1 heterocycles. The molecule has 1 saturated heterocycles. The summed E-state index contributed by atoms with van der Waals surface area (Å²) < 4.78 is 12.2. The van der Waals surface area contributed by atoms with Gasteiger partial charge < -0.3 is 9.31 Å². The van der Waals surface area contributed by atoms with Gasteiger partial charge in [-0.25, -0.2) is 0 Å². The van der Waals surface area contributed by atoms with E-state index in [9.17, 15) is 0 Å². The van der Waals surface area contributed by atoms with Crippen molar-refractivity contribution in [3.05, 3.63) is 77.2 Å². The van der Waals surface area contributed by atoms with Crippen LogP contribution in [0.15, 0.2) is 61.2 Å². The van der Waals surface area contributed by atoms with Crippen molar-refractivity contribution in [2.45, 2.75) is 38.9 Å². The predicted molar refractivity (Wildman–Crippen MR) is 124 cm³/mol. The van der Waals surface area contributed by atoms with Crippen LogP contribution in [0.1, 0.15) is 33.3 Å². The van der Waals surface area contributed by atoms with Crippen molar-refractivity contribution >= 4 is 48.1 Å². The highest BCUT2D eigenvalue weighted by atomic mass is 33.1. The molecule has 5 heteroatoms. The van der Waals surface area contributed by atoms with E-state index in [1.807, 2.05) is 24.3 Å². The third kappa shape index (κ3) is 4.54. The molecule has 0 spiro atoms. The molecule has 0 amide bonds. The third-order valence-corrected chi connectivity index (χ3v) is 5.26. The molecule has 0 bridgehead atoms. The fraction of sp³-hybridized carbons (Fsp3) is 0.273. The Morgan fingerprint density at radius 1 is 0.926 bits per heavy atom. The zero-order valence-electron chi connectivity index (χ0n) is 16.4. The molecule has 1 aliphatic heterocycles. The normalized spacial score (nSPS) is 18.4. The SMILES string of the molecule is C=C/C(c1ccc(B2OC(C)(C)C(C)(C)O2)cc1)=c1/ccccc1=C.SS. The molecule has 0 radical (unpaired) electrons. The summed E-state index contributed by atoms with van der Waals surface area (Å²) in [5, 5.41) is 2.09. The summed E-state index contributed by atoms with van der Waals surface area (Å²) in [5.74, 6) is 0. The molecule has 1 fully saturated rings. The van der Waals surface area contributed by atoms with Gasteiger partial charge in [0.1, 0.15) is 0 Å². The predicted octanol–water partition coefficient (Wildman–Crippen LogP) is 3.54. The van der Waals surface area contributed by atoms with Gasteiger partial charge in [-0.1, -0.05) is 67.8 Å². The van der Waals surface area contributed by atoms with E-state index in [4.69, 9.17) is 9.31 Å². The van der Waals surface area contributed by atoms with Crippen molar-refractivity contribution in [3.63, 3.8) is 0 Å². The number of thiol groups is 2. The first-order valence-corrected chi connectivity index (χ1v) is 10.4.